The van der Waals surface area contributed by atoms with Gasteiger partial charge in [-0.15, -0.1) is 0 Å². The summed E-state index contributed by atoms with van der Waals surface area (Å²) < 4.78 is 16.1. The van der Waals surface area contributed by atoms with Crippen LogP contribution in [0.5, 0.6) is 0 Å². The number of hydrazine groups is 1. The van der Waals surface area contributed by atoms with Crippen molar-refractivity contribution in [3.63, 3.8) is 0 Å². The summed E-state index contributed by atoms with van der Waals surface area (Å²) in [5, 5.41) is 7.68. The van der Waals surface area contributed by atoms with Gasteiger partial charge in [-0.3, -0.25) is 14.9 Å². The number of nitrogens with one attached hydrogen (secondary N) is 3. The van der Waals surface area contributed by atoms with Crippen LogP contribution in [-0.4, -0.2) is 53.3 Å². The maximum atomic E-state index is 14.2. The molecule has 1 aliphatic heterocycles. The van der Waals surface area contributed by atoms with Crippen LogP contribution < -0.4 is 16.2 Å². The summed E-state index contributed by atoms with van der Waals surface area (Å²) >= 11 is 0. The number of carbonyl (C=O) groups excluding carboxylic acids is 1. The molecule has 162 valence electrons. The number of carbonyl (C=O) groups is 1. The Kier molecular flexibility index (Phi) is 6.46. The summed E-state index contributed by atoms with van der Waals surface area (Å²) in [7, 11) is 3.97. The monoisotopic (exact) mass is 414 g/mol. The van der Waals surface area contributed by atoms with Crippen molar-refractivity contribution in [3.05, 3.63) is 41.8 Å². The van der Waals surface area contributed by atoms with E-state index >= 15 is 0 Å². The number of nitrogens with zero attached hydrogens (tertiary/aromatic N) is 3. The molecule has 1 saturated carbocycles. The van der Waals surface area contributed by atoms with Gasteiger partial charge in [-0.2, -0.15) is 5.10 Å². The fraction of sp³-hybridized carbons (Fsp3) is 0.545. The van der Waals surface area contributed by atoms with Gasteiger partial charge in [0.15, 0.2) is 0 Å². The van der Waals surface area contributed by atoms with Gasteiger partial charge in [-0.05, 0) is 45.1 Å². The number of fused-ring (bicyclic) bond motifs is 1. The highest BCUT2D eigenvalue weighted by molar-refractivity contribution is 5.82. The predicted octanol–water partition coefficient (Wildman–Crippen LogP) is 1.90. The van der Waals surface area contributed by atoms with Crippen LogP contribution in [0.15, 0.2) is 30.3 Å². The first kappa shape index (κ1) is 21.0. The van der Waals surface area contributed by atoms with Gasteiger partial charge in [0.1, 0.15) is 11.9 Å². The fourth-order valence-electron chi connectivity index (χ4n) is 4.60. The Hall–Kier alpha value is -2.29. The first-order chi connectivity index (χ1) is 14.5. The normalized spacial score (nSPS) is 23.5. The van der Waals surface area contributed by atoms with E-state index in [1.807, 2.05) is 30.9 Å². The van der Waals surface area contributed by atoms with E-state index in [9.17, 15) is 9.18 Å². The number of benzene rings is 1. The third kappa shape index (κ3) is 4.55. The first-order valence-corrected chi connectivity index (χ1v) is 10.8. The van der Waals surface area contributed by atoms with Crippen molar-refractivity contribution in [2.45, 2.75) is 50.9 Å². The lowest BCUT2D eigenvalue weighted by Gasteiger charge is -2.26. The van der Waals surface area contributed by atoms with Crippen LogP contribution in [0, 0.1) is 11.7 Å². The minimum absolute atomic E-state index is 0.0348. The zero-order valence-corrected chi connectivity index (χ0v) is 17.7. The fourth-order valence-corrected chi connectivity index (χ4v) is 4.60. The molecule has 1 aromatic heterocycles. The number of halogens is 1. The molecule has 2 heterocycles. The standard InChI is InChI=1S/C22H31FN6O/c1-28(2)14-15-13-20(16-7-3-5-9-18(16)23)27-29(15)12-11-24-22(30)21-17-8-4-6-10-19(17)25-26-21/h3,5,7,9,13,17,19,21,25-26H,4,6,8,10-12,14H2,1-2H3,(H,24,30). The number of rotatable bonds is 7. The second-order valence-corrected chi connectivity index (χ2v) is 8.57. The first-order valence-electron chi connectivity index (χ1n) is 10.8. The van der Waals surface area contributed by atoms with Crippen LogP contribution in [0.3, 0.4) is 0 Å². The van der Waals surface area contributed by atoms with Crippen LogP contribution >= 0.6 is 0 Å². The smallest absolute Gasteiger partial charge is 0.238 e. The second kappa shape index (κ2) is 9.24. The molecule has 1 amide bonds. The SMILES string of the molecule is CN(C)Cc1cc(-c2ccccc2F)nn1CCNC(=O)C1NNC2CCCCC21. The Balaban J connectivity index is 1.41. The molecule has 8 heteroatoms. The van der Waals surface area contributed by atoms with Crippen LogP contribution in [0.25, 0.3) is 11.3 Å². The second-order valence-electron chi connectivity index (χ2n) is 8.57. The van der Waals surface area contributed by atoms with Crippen molar-refractivity contribution in [1.29, 1.82) is 0 Å². The third-order valence-corrected chi connectivity index (χ3v) is 6.07. The molecule has 0 radical (unpaired) electrons. The molecule has 2 fully saturated rings. The molecular weight excluding hydrogens is 383 g/mol. The molecule has 7 nitrogen and oxygen atoms in total. The van der Waals surface area contributed by atoms with Crippen molar-refractivity contribution in [2.75, 3.05) is 20.6 Å². The van der Waals surface area contributed by atoms with E-state index in [1.54, 1.807) is 12.1 Å². The van der Waals surface area contributed by atoms with E-state index < -0.39 is 0 Å². The Bertz CT molecular complexity index is 882. The average molecular weight is 415 g/mol. The highest BCUT2D eigenvalue weighted by Gasteiger charge is 2.40. The van der Waals surface area contributed by atoms with Crippen molar-refractivity contribution in [3.8, 4) is 11.3 Å². The number of hydrogen-bond acceptors (Lipinski definition) is 5. The summed E-state index contributed by atoms with van der Waals surface area (Å²) in [5.41, 5.74) is 8.56. The lowest BCUT2D eigenvalue weighted by Crippen LogP contribution is -2.46. The molecule has 0 spiro atoms. The van der Waals surface area contributed by atoms with E-state index in [1.165, 1.54) is 18.9 Å². The van der Waals surface area contributed by atoms with Crippen LogP contribution in [0.4, 0.5) is 4.39 Å². The van der Waals surface area contributed by atoms with E-state index in [-0.39, 0.29) is 17.8 Å². The van der Waals surface area contributed by atoms with Gasteiger partial charge in [-0.25, -0.2) is 9.82 Å². The summed E-state index contributed by atoms with van der Waals surface area (Å²) in [4.78, 5) is 14.8. The molecule has 3 atom stereocenters. The zero-order chi connectivity index (χ0) is 21.1. The molecule has 3 N–H and O–H groups in total. The highest BCUT2D eigenvalue weighted by atomic mass is 19.1. The Morgan fingerprint density at radius 1 is 1.27 bits per heavy atom. The quantitative estimate of drug-likeness (QED) is 0.645. The lowest BCUT2D eigenvalue weighted by atomic mass is 9.81. The molecule has 3 unspecified atom stereocenters. The Morgan fingerprint density at radius 2 is 2.07 bits per heavy atom. The van der Waals surface area contributed by atoms with Crippen molar-refractivity contribution >= 4 is 5.91 Å². The predicted molar refractivity (Wildman–Crippen MR) is 114 cm³/mol. The number of aromatic nitrogens is 2. The summed E-state index contributed by atoms with van der Waals surface area (Å²) in [6.07, 6.45) is 4.62. The van der Waals surface area contributed by atoms with E-state index in [0.717, 1.165) is 18.5 Å². The summed E-state index contributed by atoms with van der Waals surface area (Å²) in [6.45, 7) is 1.71. The van der Waals surface area contributed by atoms with Gasteiger partial charge < -0.3 is 10.2 Å². The van der Waals surface area contributed by atoms with Crippen molar-refractivity contribution in [2.24, 2.45) is 5.92 Å². The molecular formula is C22H31FN6O. The topological polar surface area (TPSA) is 74.2 Å². The highest BCUT2D eigenvalue weighted by Crippen LogP contribution is 2.30. The van der Waals surface area contributed by atoms with Gasteiger partial charge in [0.05, 0.1) is 17.9 Å². The van der Waals surface area contributed by atoms with Crippen LogP contribution in [-0.2, 0) is 17.9 Å². The minimum Gasteiger partial charge on any atom is -0.353 e. The third-order valence-electron chi connectivity index (χ3n) is 6.07. The maximum absolute atomic E-state index is 14.2. The van der Waals surface area contributed by atoms with E-state index in [4.69, 9.17) is 0 Å². The van der Waals surface area contributed by atoms with Gasteiger partial charge in [-0.1, -0.05) is 25.0 Å². The summed E-state index contributed by atoms with van der Waals surface area (Å²) in [5.74, 6) is 0.113. The van der Waals surface area contributed by atoms with Crippen molar-refractivity contribution < 1.29 is 9.18 Å². The number of amides is 1. The van der Waals surface area contributed by atoms with Gasteiger partial charge in [0.25, 0.3) is 0 Å². The number of hydrogen-bond donors (Lipinski definition) is 3. The molecule has 0 bridgehead atoms. The molecule has 4 rings (SSSR count). The molecule has 1 aromatic carbocycles. The molecule has 1 aliphatic carbocycles. The molecule has 1 saturated heterocycles. The van der Waals surface area contributed by atoms with Crippen LogP contribution in [0.2, 0.25) is 0 Å². The molecule has 30 heavy (non-hydrogen) atoms. The molecule has 2 aliphatic rings. The minimum atomic E-state index is -0.284. The average Bonchev–Trinajstić information content (AvgIpc) is 3.32. The summed E-state index contributed by atoms with van der Waals surface area (Å²) in [6, 6.07) is 8.82. The lowest BCUT2D eigenvalue weighted by molar-refractivity contribution is -0.124. The van der Waals surface area contributed by atoms with Crippen LogP contribution in [0.1, 0.15) is 31.4 Å². The Labute approximate surface area is 177 Å². The van der Waals surface area contributed by atoms with Crippen molar-refractivity contribution in [1.82, 2.24) is 30.8 Å². The van der Waals surface area contributed by atoms with Gasteiger partial charge in [0, 0.05) is 30.6 Å². The van der Waals surface area contributed by atoms with Gasteiger partial charge in [0.2, 0.25) is 5.91 Å². The maximum Gasteiger partial charge on any atom is 0.238 e. The largest absolute Gasteiger partial charge is 0.353 e. The zero-order valence-electron chi connectivity index (χ0n) is 17.7. The van der Waals surface area contributed by atoms with E-state index in [0.29, 0.717) is 42.9 Å². The molecule has 2 aromatic rings. The van der Waals surface area contributed by atoms with Gasteiger partial charge >= 0.3 is 0 Å². The Morgan fingerprint density at radius 3 is 2.87 bits per heavy atom. The van der Waals surface area contributed by atoms with E-state index in [2.05, 4.69) is 26.2 Å².